The van der Waals surface area contributed by atoms with Crippen molar-refractivity contribution in [3.05, 3.63) is 0 Å². The van der Waals surface area contributed by atoms with Gasteiger partial charge in [-0.25, -0.2) is 13.1 Å². The van der Waals surface area contributed by atoms with Crippen LogP contribution in [0.3, 0.4) is 0 Å². The molecule has 0 aromatic rings. The zero-order valence-corrected chi connectivity index (χ0v) is 12.6. The summed E-state index contributed by atoms with van der Waals surface area (Å²) in [5.41, 5.74) is 0. The fraction of sp³-hybridized carbons (Fsp3) is 0.833. The lowest BCUT2D eigenvalue weighted by molar-refractivity contribution is -0.138. The molecule has 0 aromatic heterocycles. The van der Waals surface area contributed by atoms with Crippen molar-refractivity contribution in [3.8, 4) is 0 Å². The Labute approximate surface area is 119 Å². The highest BCUT2D eigenvalue weighted by atomic mass is 32.2. The molecule has 0 aliphatic carbocycles. The van der Waals surface area contributed by atoms with Gasteiger partial charge in [-0.15, -0.1) is 0 Å². The zero-order chi connectivity index (χ0) is 15.3. The van der Waals surface area contributed by atoms with Gasteiger partial charge < -0.3 is 10.0 Å². The Morgan fingerprint density at radius 1 is 1.40 bits per heavy atom. The Balaban J connectivity index is 2.50. The van der Waals surface area contributed by atoms with E-state index < -0.39 is 16.0 Å². The SMILES string of the molecule is CC(CC(=O)O)CC(=O)N1CCCC(NS(C)(=O)=O)C1. The van der Waals surface area contributed by atoms with Crippen LogP contribution in [-0.2, 0) is 19.6 Å². The number of likely N-dealkylation sites (tertiary alicyclic amines) is 1. The number of carboxylic acids is 1. The molecule has 1 rings (SSSR count). The third-order valence-corrected chi connectivity index (χ3v) is 3.96. The molecule has 0 saturated carbocycles. The van der Waals surface area contributed by atoms with E-state index in [2.05, 4.69) is 4.72 Å². The Hall–Kier alpha value is -1.15. The first kappa shape index (κ1) is 16.9. The van der Waals surface area contributed by atoms with Gasteiger partial charge in [0.2, 0.25) is 15.9 Å². The molecule has 0 spiro atoms. The van der Waals surface area contributed by atoms with Crippen molar-refractivity contribution >= 4 is 21.9 Å². The maximum absolute atomic E-state index is 12.1. The maximum atomic E-state index is 12.1. The molecule has 1 amide bonds. The highest BCUT2D eigenvalue weighted by molar-refractivity contribution is 7.88. The van der Waals surface area contributed by atoms with E-state index in [-0.39, 0.29) is 30.7 Å². The van der Waals surface area contributed by atoms with E-state index in [0.717, 1.165) is 12.7 Å². The van der Waals surface area contributed by atoms with E-state index in [0.29, 0.717) is 19.5 Å². The predicted molar refractivity (Wildman–Crippen MR) is 73.6 cm³/mol. The maximum Gasteiger partial charge on any atom is 0.303 e. The van der Waals surface area contributed by atoms with Gasteiger partial charge in [-0.2, -0.15) is 0 Å². The number of hydrogen-bond donors (Lipinski definition) is 2. The molecule has 1 heterocycles. The zero-order valence-electron chi connectivity index (χ0n) is 11.8. The van der Waals surface area contributed by atoms with Crippen LogP contribution in [0.15, 0.2) is 0 Å². The van der Waals surface area contributed by atoms with E-state index in [4.69, 9.17) is 5.11 Å². The molecule has 1 aliphatic rings. The summed E-state index contributed by atoms with van der Waals surface area (Å²) in [6.07, 6.45) is 2.69. The number of carboxylic acid groups (broad SMARTS) is 1. The first-order chi connectivity index (χ1) is 9.17. The molecule has 116 valence electrons. The quantitative estimate of drug-likeness (QED) is 0.720. The molecule has 1 aliphatic heterocycles. The minimum Gasteiger partial charge on any atom is -0.481 e. The number of carbonyl (C=O) groups excluding carboxylic acids is 1. The van der Waals surface area contributed by atoms with Crippen molar-refractivity contribution in [3.63, 3.8) is 0 Å². The van der Waals surface area contributed by atoms with Crippen LogP contribution in [0.4, 0.5) is 0 Å². The lowest BCUT2D eigenvalue weighted by Gasteiger charge is -2.33. The van der Waals surface area contributed by atoms with E-state index in [9.17, 15) is 18.0 Å². The highest BCUT2D eigenvalue weighted by Crippen LogP contribution is 2.15. The summed E-state index contributed by atoms with van der Waals surface area (Å²) in [6, 6.07) is -0.252. The van der Waals surface area contributed by atoms with Crippen LogP contribution < -0.4 is 4.72 Å². The van der Waals surface area contributed by atoms with Crippen molar-refractivity contribution in [1.82, 2.24) is 9.62 Å². The van der Waals surface area contributed by atoms with Gasteiger partial charge in [-0.3, -0.25) is 9.59 Å². The molecule has 2 N–H and O–H groups in total. The third-order valence-electron chi connectivity index (χ3n) is 3.20. The van der Waals surface area contributed by atoms with Crippen molar-refractivity contribution in [2.24, 2.45) is 5.92 Å². The molecule has 1 fully saturated rings. The van der Waals surface area contributed by atoms with Crippen LogP contribution >= 0.6 is 0 Å². The molecular formula is C12H22N2O5S. The largest absolute Gasteiger partial charge is 0.481 e. The van der Waals surface area contributed by atoms with Gasteiger partial charge in [0.1, 0.15) is 0 Å². The molecule has 0 aromatic carbocycles. The van der Waals surface area contributed by atoms with Crippen LogP contribution in [0.25, 0.3) is 0 Å². The number of nitrogens with zero attached hydrogens (tertiary/aromatic N) is 1. The van der Waals surface area contributed by atoms with Crippen molar-refractivity contribution in [2.45, 2.75) is 38.6 Å². The lowest BCUT2D eigenvalue weighted by atomic mass is 10.0. The number of nitrogens with one attached hydrogen (secondary N) is 1. The number of piperidine rings is 1. The van der Waals surface area contributed by atoms with Crippen molar-refractivity contribution < 1.29 is 23.1 Å². The van der Waals surface area contributed by atoms with Crippen LogP contribution in [-0.4, -0.2) is 55.7 Å². The monoisotopic (exact) mass is 306 g/mol. The van der Waals surface area contributed by atoms with Gasteiger partial charge in [-0.05, 0) is 18.8 Å². The summed E-state index contributed by atoms with van der Waals surface area (Å²) in [4.78, 5) is 24.2. The molecule has 2 atom stereocenters. The summed E-state index contributed by atoms with van der Waals surface area (Å²) in [6.45, 7) is 2.68. The van der Waals surface area contributed by atoms with E-state index in [1.54, 1.807) is 11.8 Å². The van der Waals surface area contributed by atoms with Gasteiger partial charge in [-0.1, -0.05) is 6.92 Å². The number of aliphatic carboxylic acids is 1. The van der Waals surface area contributed by atoms with Crippen LogP contribution in [0.1, 0.15) is 32.6 Å². The molecule has 20 heavy (non-hydrogen) atoms. The Morgan fingerprint density at radius 2 is 2.05 bits per heavy atom. The highest BCUT2D eigenvalue weighted by Gasteiger charge is 2.26. The predicted octanol–water partition coefficient (Wildman–Crippen LogP) is 0.0275. The number of sulfonamides is 1. The average Bonchev–Trinajstić information content (AvgIpc) is 2.25. The summed E-state index contributed by atoms with van der Waals surface area (Å²) in [5.74, 6) is -1.25. The second kappa shape index (κ2) is 7.03. The topological polar surface area (TPSA) is 104 Å². The number of carbonyl (C=O) groups is 2. The van der Waals surface area contributed by atoms with Gasteiger partial charge in [0.25, 0.3) is 0 Å². The minimum atomic E-state index is -3.28. The summed E-state index contributed by atoms with van der Waals surface area (Å²) in [7, 11) is -3.28. The number of rotatable bonds is 6. The fourth-order valence-corrected chi connectivity index (χ4v) is 3.20. The third kappa shape index (κ3) is 6.33. The Morgan fingerprint density at radius 3 is 2.60 bits per heavy atom. The van der Waals surface area contributed by atoms with E-state index >= 15 is 0 Å². The van der Waals surface area contributed by atoms with E-state index in [1.165, 1.54) is 0 Å². The number of amides is 1. The molecule has 8 heteroatoms. The first-order valence-corrected chi connectivity index (χ1v) is 8.53. The second-order valence-corrected chi connectivity index (χ2v) is 7.26. The second-order valence-electron chi connectivity index (χ2n) is 5.48. The molecule has 7 nitrogen and oxygen atoms in total. The van der Waals surface area contributed by atoms with Crippen LogP contribution in [0.2, 0.25) is 0 Å². The van der Waals surface area contributed by atoms with E-state index in [1.807, 2.05) is 0 Å². The summed E-state index contributed by atoms with van der Waals surface area (Å²) >= 11 is 0. The molecule has 2 unspecified atom stereocenters. The summed E-state index contributed by atoms with van der Waals surface area (Å²) in [5, 5.41) is 8.68. The normalized spacial score (nSPS) is 21.5. The first-order valence-electron chi connectivity index (χ1n) is 6.64. The van der Waals surface area contributed by atoms with Crippen molar-refractivity contribution in [2.75, 3.05) is 19.3 Å². The Kier molecular flexibility index (Phi) is 5.94. The fourth-order valence-electron chi connectivity index (χ4n) is 2.40. The molecule has 0 radical (unpaired) electrons. The van der Waals surface area contributed by atoms with Crippen LogP contribution in [0, 0.1) is 5.92 Å². The van der Waals surface area contributed by atoms with Crippen LogP contribution in [0.5, 0.6) is 0 Å². The van der Waals surface area contributed by atoms with Crippen molar-refractivity contribution in [1.29, 1.82) is 0 Å². The van der Waals surface area contributed by atoms with Gasteiger partial charge in [0.15, 0.2) is 0 Å². The minimum absolute atomic E-state index is 0.0371. The molecular weight excluding hydrogens is 284 g/mol. The smallest absolute Gasteiger partial charge is 0.303 e. The molecule has 0 bridgehead atoms. The average molecular weight is 306 g/mol. The summed E-state index contributed by atoms with van der Waals surface area (Å²) < 4.78 is 24.9. The van der Waals surface area contributed by atoms with Gasteiger partial charge in [0.05, 0.1) is 6.26 Å². The van der Waals surface area contributed by atoms with Gasteiger partial charge >= 0.3 is 5.97 Å². The molecule has 1 saturated heterocycles. The standard InChI is InChI=1S/C12H22N2O5S/c1-9(7-12(16)17)6-11(15)14-5-3-4-10(8-14)13-20(2,18)19/h9-10,13H,3-8H2,1-2H3,(H,16,17). The Bertz CT molecular complexity index is 462. The number of hydrogen-bond acceptors (Lipinski definition) is 4. The van der Waals surface area contributed by atoms with Gasteiger partial charge in [0, 0.05) is 32.0 Å². The lowest BCUT2D eigenvalue weighted by Crippen LogP contribution is -2.49.